The van der Waals surface area contributed by atoms with Crippen molar-refractivity contribution in [1.29, 1.82) is 0 Å². The molecule has 3 nitrogen and oxygen atoms in total. The van der Waals surface area contributed by atoms with Crippen molar-refractivity contribution in [2.24, 2.45) is 5.92 Å². The predicted octanol–water partition coefficient (Wildman–Crippen LogP) is 4.29. The fourth-order valence-corrected chi connectivity index (χ4v) is 2.46. The maximum Gasteiger partial charge on any atom is 0.167 e. The van der Waals surface area contributed by atoms with Gasteiger partial charge in [0.2, 0.25) is 0 Å². The number of benzene rings is 1. The molecule has 1 aromatic heterocycles. The van der Waals surface area contributed by atoms with Gasteiger partial charge in [-0.15, -0.1) is 10.2 Å². The molecule has 2 aromatic rings. The molecule has 1 heterocycles. The third-order valence-electron chi connectivity index (χ3n) is 2.69. The van der Waals surface area contributed by atoms with Crippen molar-refractivity contribution in [2.75, 3.05) is 0 Å². The average molecular weight is 347 g/mol. The second kappa shape index (κ2) is 6.01. The number of halogens is 3. The Balaban J connectivity index is 2.55. The Hall–Kier alpha value is -0.940. The Labute approximate surface area is 124 Å². The second-order valence-electron chi connectivity index (χ2n) is 4.68. The maximum absolute atomic E-state index is 14.1. The summed E-state index contributed by atoms with van der Waals surface area (Å²) < 4.78 is 16.0. The van der Waals surface area contributed by atoms with Crippen LogP contribution in [0.1, 0.15) is 19.7 Å². The first-order valence-electron chi connectivity index (χ1n) is 5.97. The fraction of sp³-hybridized carbons (Fsp3) is 0.385. The Morgan fingerprint density at radius 1 is 1.37 bits per heavy atom. The van der Waals surface area contributed by atoms with Crippen molar-refractivity contribution in [3.63, 3.8) is 0 Å². The summed E-state index contributed by atoms with van der Waals surface area (Å²) in [7, 11) is 0. The number of hydrogen-bond acceptors (Lipinski definition) is 2. The molecule has 6 heteroatoms. The SMILES string of the molecule is CC(C)Cn1c(CBr)nnc1-c1cccc(Cl)c1F. The molecule has 0 aliphatic carbocycles. The topological polar surface area (TPSA) is 30.7 Å². The van der Waals surface area contributed by atoms with Crippen LogP contribution in [0.2, 0.25) is 5.02 Å². The standard InChI is InChI=1S/C13H14BrClFN3/c1-8(2)7-19-11(6-14)17-18-13(19)9-4-3-5-10(15)12(9)16/h3-5,8H,6-7H2,1-2H3. The molecule has 0 atom stereocenters. The molecule has 0 aliphatic rings. The summed E-state index contributed by atoms with van der Waals surface area (Å²) in [6.07, 6.45) is 0. The summed E-state index contributed by atoms with van der Waals surface area (Å²) in [4.78, 5) is 0. The van der Waals surface area contributed by atoms with Crippen molar-refractivity contribution in [2.45, 2.75) is 25.7 Å². The van der Waals surface area contributed by atoms with Gasteiger partial charge in [-0.2, -0.15) is 0 Å². The average Bonchev–Trinajstić information content (AvgIpc) is 2.75. The van der Waals surface area contributed by atoms with Gasteiger partial charge in [-0.25, -0.2) is 4.39 Å². The van der Waals surface area contributed by atoms with Gasteiger partial charge in [-0.1, -0.05) is 47.4 Å². The van der Waals surface area contributed by atoms with E-state index in [1.54, 1.807) is 12.1 Å². The minimum atomic E-state index is -0.456. The van der Waals surface area contributed by atoms with Crippen molar-refractivity contribution >= 4 is 27.5 Å². The Morgan fingerprint density at radius 2 is 2.11 bits per heavy atom. The van der Waals surface area contributed by atoms with Crippen LogP contribution in [0.5, 0.6) is 0 Å². The summed E-state index contributed by atoms with van der Waals surface area (Å²) in [5, 5.41) is 8.86. The molecule has 0 spiro atoms. The lowest BCUT2D eigenvalue weighted by Crippen LogP contribution is -2.09. The predicted molar refractivity (Wildman–Crippen MR) is 77.9 cm³/mol. The van der Waals surface area contributed by atoms with Crippen molar-refractivity contribution in [3.05, 3.63) is 34.9 Å². The van der Waals surface area contributed by atoms with Crippen molar-refractivity contribution in [3.8, 4) is 11.4 Å². The van der Waals surface area contributed by atoms with Crippen LogP contribution in [0, 0.1) is 11.7 Å². The first-order chi connectivity index (χ1) is 9.04. The largest absolute Gasteiger partial charge is 0.310 e. The number of rotatable bonds is 4. The number of aromatic nitrogens is 3. The summed E-state index contributed by atoms with van der Waals surface area (Å²) >= 11 is 9.19. The molecule has 0 unspecified atom stereocenters. The van der Waals surface area contributed by atoms with Crippen LogP contribution in [0.4, 0.5) is 4.39 Å². The third kappa shape index (κ3) is 2.98. The number of hydrogen-bond donors (Lipinski definition) is 0. The number of nitrogens with zero attached hydrogens (tertiary/aromatic N) is 3. The van der Waals surface area contributed by atoms with E-state index in [0.717, 1.165) is 12.4 Å². The zero-order valence-electron chi connectivity index (χ0n) is 10.7. The molecule has 0 bridgehead atoms. The minimum Gasteiger partial charge on any atom is -0.310 e. The van der Waals surface area contributed by atoms with Gasteiger partial charge in [0.05, 0.1) is 15.9 Å². The van der Waals surface area contributed by atoms with E-state index < -0.39 is 5.82 Å². The molecular formula is C13H14BrClFN3. The van der Waals surface area contributed by atoms with Gasteiger partial charge in [0.15, 0.2) is 11.6 Å². The van der Waals surface area contributed by atoms with Crippen LogP contribution in [-0.4, -0.2) is 14.8 Å². The van der Waals surface area contributed by atoms with E-state index in [1.165, 1.54) is 6.07 Å². The molecule has 0 amide bonds. The van der Waals surface area contributed by atoms with E-state index in [-0.39, 0.29) is 5.02 Å². The smallest absolute Gasteiger partial charge is 0.167 e. The quantitative estimate of drug-likeness (QED) is 0.773. The highest BCUT2D eigenvalue weighted by Gasteiger charge is 2.18. The highest BCUT2D eigenvalue weighted by molar-refractivity contribution is 9.08. The lowest BCUT2D eigenvalue weighted by Gasteiger charge is -2.12. The molecule has 0 fully saturated rings. The molecule has 102 valence electrons. The van der Waals surface area contributed by atoms with Gasteiger partial charge in [0, 0.05) is 6.54 Å². The zero-order chi connectivity index (χ0) is 14.0. The van der Waals surface area contributed by atoms with E-state index in [1.807, 2.05) is 4.57 Å². The van der Waals surface area contributed by atoms with Gasteiger partial charge in [-0.3, -0.25) is 0 Å². The number of alkyl halides is 1. The van der Waals surface area contributed by atoms with Gasteiger partial charge >= 0.3 is 0 Å². The first-order valence-corrected chi connectivity index (χ1v) is 7.47. The van der Waals surface area contributed by atoms with Gasteiger partial charge < -0.3 is 4.57 Å². The molecule has 1 aromatic carbocycles. The normalized spacial score (nSPS) is 11.3. The Bertz CT molecular complexity index is 583. The van der Waals surface area contributed by atoms with Gasteiger partial charge in [0.1, 0.15) is 5.82 Å². The summed E-state index contributed by atoms with van der Waals surface area (Å²) in [5.74, 6) is 1.25. The zero-order valence-corrected chi connectivity index (χ0v) is 13.0. The molecule has 0 saturated heterocycles. The molecule has 0 radical (unpaired) electrons. The minimum absolute atomic E-state index is 0.0944. The lowest BCUT2D eigenvalue weighted by atomic mass is 10.1. The van der Waals surface area contributed by atoms with Crippen LogP contribution in [0.3, 0.4) is 0 Å². The van der Waals surface area contributed by atoms with Crippen LogP contribution < -0.4 is 0 Å². The maximum atomic E-state index is 14.1. The summed E-state index contributed by atoms with van der Waals surface area (Å²) in [5.41, 5.74) is 0.382. The van der Waals surface area contributed by atoms with E-state index in [2.05, 4.69) is 40.0 Å². The monoisotopic (exact) mass is 345 g/mol. The fourth-order valence-electron chi connectivity index (χ4n) is 1.87. The van der Waals surface area contributed by atoms with E-state index >= 15 is 0 Å². The molecule has 0 aliphatic heterocycles. The summed E-state index contributed by atoms with van der Waals surface area (Å²) in [6, 6.07) is 4.90. The third-order valence-corrected chi connectivity index (χ3v) is 3.48. The first kappa shape index (κ1) is 14.5. The van der Waals surface area contributed by atoms with Crippen LogP contribution >= 0.6 is 27.5 Å². The highest BCUT2D eigenvalue weighted by Crippen LogP contribution is 2.27. The van der Waals surface area contributed by atoms with Gasteiger partial charge in [-0.05, 0) is 18.1 Å². The summed E-state index contributed by atoms with van der Waals surface area (Å²) in [6.45, 7) is 4.92. The molecule has 19 heavy (non-hydrogen) atoms. The van der Waals surface area contributed by atoms with Gasteiger partial charge in [0.25, 0.3) is 0 Å². The molecule has 0 N–H and O–H groups in total. The van der Waals surface area contributed by atoms with Crippen LogP contribution in [0.25, 0.3) is 11.4 Å². The Kier molecular flexibility index (Phi) is 4.58. The van der Waals surface area contributed by atoms with E-state index in [4.69, 9.17) is 11.6 Å². The second-order valence-corrected chi connectivity index (χ2v) is 5.65. The molecular weight excluding hydrogens is 333 g/mol. The van der Waals surface area contributed by atoms with Crippen molar-refractivity contribution in [1.82, 2.24) is 14.8 Å². The Morgan fingerprint density at radius 3 is 2.74 bits per heavy atom. The lowest BCUT2D eigenvalue weighted by molar-refractivity contribution is 0.514. The van der Waals surface area contributed by atoms with E-state index in [0.29, 0.717) is 22.6 Å². The highest BCUT2D eigenvalue weighted by atomic mass is 79.9. The van der Waals surface area contributed by atoms with Crippen LogP contribution in [0.15, 0.2) is 18.2 Å². The molecule has 2 rings (SSSR count). The van der Waals surface area contributed by atoms with Crippen LogP contribution in [-0.2, 0) is 11.9 Å². The van der Waals surface area contributed by atoms with E-state index in [9.17, 15) is 4.39 Å². The van der Waals surface area contributed by atoms with Crippen molar-refractivity contribution < 1.29 is 4.39 Å². The molecule has 0 saturated carbocycles.